The Morgan fingerprint density at radius 2 is 1.83 bits per heavy atom. The van der Waals surface area contributed by atoms with Gasteiger partial charge >= 0.3 is 0 Å². The van der Waals surface area contributed by atoms with Gasteiger partial charge in [-0.3, -0.25) is 0 Å². The van der Waals surface area contributed by atoms with Crippen LogP contribution in [0.4, 0.5) is 5.82 Å². The van der Waals surface area contributed by atoms with E-state index in [9.17, 15) is 0 Å². The molecule has 3 rings (SSSR count). The Labute approximate surface area is 107 Å². The zero-order chi connectivity index (χ0) is 12.4. The highest BCUT2D eigenvalue weighted by molar-refractivity contribution is 5.83. The van der Waals surface area contributed by atoms with Crippen molar-refractivity contribution in [3.63, 3.8) is 0 Å². The number of hydrogen-bond acceptors (Lipinski definition) is 4. The number of anilines is 1. The van der Waals surface area contributed by atoms with Crippen LogP contribution >= 0.6 is 0 Å². The van der Waals surface area contributed by atoms with Gasteiger partial charge in [-0.05, 0) is 19.8 Å². The topological polar surface area (TPSA) is 46.8 Å². The molecule has 0 aromatic carbocycles. The molecule has 0 amide bonds. The summed E-state index contributed by atoms with van der Waals surface area (Å²) in [5, 5.41) is 0. The number of nitrogens with zero attached hydrogens (tertiary/aromatic N) is 5. The molecule has 1 saturated heterocycles. The molecule has 0 unspecified atom stereocenters. The van der Waals surface area contributed by atoms with Crippen molar-refractivity contribution >= 4 is 17.0 Å². The molecule has 0 saturated carbocycles. The van der Waals surface area contributed by atoms with Gasteiger partial charge in [-0.1, -0.05) is 12.8 Å². The van der Waals surface area contributed by atoms with Crippen LogP contribution in [-0.4, -0.2) is 32.6 Å². The molecule has 96 valence electrons. The minimum atomic E-state index is 0.896. The van der Waals surface area contributed by atoms with Crippen molar-refractivity contribution in [2.75, 3.05) is 18.0 Å². The third-order valence-electron chi connectivity index (χ3n) is 3.63. The summed E-state index contributed by atoms with van der Waals surface area (Å²) >= 11 is 0. The lowest BCUT2D eigenvalue weighted by Crippen LogP contribution is -2.25. The van der Waals surface area contributed by atoms with E-state index >= 15 is 0 Å². The Morgan fingerprint density at radius 3 is 2.56 bits per heavy atom. The van der Waals surface area contributed by atoms with E-state index in [4.69, 9.17) is 0 Å². The molecule has 0 bridgehead atoms. The molecular weight excluding hydrogens is 226 g/mol. The molecule has 3 heterocycles. The van der Waals surface area contributed by atoms with Crippen molar-refractivity contribution in [2.24, 2.45) is 0 Å². The summed E-state index contributed by atoms with van der Waals surface area (Å²) in [7, 11) is 0. The number of fused-ring (bicyclic) bond motifs is 1. The molecule has 1 fully saturated rings. The van der Waals surface area contributed by atoms with E-state index < -0.39 is 0 Å². The van der Waals surface area contributed by atoms with E-state index in [1.807, 2.05) is 6.33 Å². The first kappa shape index (κ1) is 11.4. The van der Waals surface area contributed by atoms with Crippen LogP contribution in [0.5, 0.6) is 0 Å². The highest BCUT2D eigenvalue weighted by Crippen LogP contribution is 2.23. The highest BCUT2D eigenvalue weighted by Gasteiger charge is 2.16. The van der Waals surface area contributed by atoms with Crippen LogP contribution in [0.3, 0.4) is 0 Å². The molecule has 0 aliphatic carbocycles. The third kappa shape index (κ3) is 1.94. The first-order chi connectivity index (χ1) is 8.90. The number of imidazole rings is 1. The summed E-state index contributed by atoms with van der Waals surface area (Å²) < 4.78 is 2.07. The second kappa shape index (κ2) is 4.92. The lowest BCUT2D eigenvalue weighted by Gasteiger charge is -2.21. The lowest BCUT2D eigenvalue weighted by atomic mass is 10.2. The summed E-state index contributed by atoms with van der Waals surface area (Å²) in [5.74, 6) is 1.01. The maximum Gasteiger partial charge on any atom is 0.165 e. The molecule has 1 aliphatic rings. The molecule has 2 aromatic heterocycles. The predicted molar refractivity (Wildman–Crippen MR) is 71.7 cm³/mol. The predicted octanol–water partition coefficient (Wildman–Crippen LogP) is 2.23. The fourth-order valence-electron chi connectivity index (χ4n) is 2.61. The van der Waals surface area contributed by atoms with E-state index in [0.717, 1.165) is 36.6 Å². The summed E-state index contributed by atoms with van der Waals surface area (Å²) in [6.07, 6.45) is 8.68. The van der Waals surface area contributed by atoms with Crippen LogP contribution in [0, 0.1) is 0 Å². The SMILES string of the molecule is CCn1cnc2c(N3CCCCCC3)ncnc21. The number of rotatable bonds is 2. The zero-order valence-corrected chi connectivity index (χ0v) is 10.8. The summed E-state index contributed by atoms with van der Waals surface area (Å²) in [4.78, 5) is 15.7. The molecule has 0 radical (unpaired) electrons. The summed E-state index contributed by atoms with van der Waals surface area (Å²) in [6.45, 7) is 5.18. The molecule has 1 aliphatic heterocycles. The van der Waals surface area contributed by atoms with Gasteiger partial charge in [0.2, 0.25) is 0 Å². The van der Waals surface area contributed by atoms with Crippen molar-refractivity contribution in [2.45, 2.75) is 39.2 Å². The van der Waals surface area contributed by atoms with Gasteiger partial charge in [0, 0.05) is 19.6 Å². The molecule has 18 heavy (non-hydrogen) atoms. The molecular formula is C13H19N5. The minimum Gasteiger partial charge on any atom is -0.355 e. The van der Waals surface area contributed by atoms with E-state index in [-0.39, 0.29) is 0 Å². The average Bonchev–Trinajstić information content (AvgIpc) is 2.65. The van der Waals surface area contributed by atoms with Gasteiger partial charge in [0.15, 0.2) is 17.0 Å². The van der Waals surface area contributed by atoms with E-state index in [2.05, 4.69) is 31.3 Å². The van der Waals surface area contributed by atoms with Gasteiger partial charge in [0.05, 0.1) is 6.33 Å². The van der Waals surface area contributed by atoms with E-state index in [1.165, 1.54) is 25.7 Å². The number of aryl methyl sites for hydroxylation is 1. The Morgan fingerprint density at radius 1 is 1.06 bits per heavy atom. The van der Waals surface area contributed by atoms with Crippen LogP contribution in [-0.2, 0) is 6.54 Å². The standard InChI is InChI=1S/C13H19N5/c1-2-17-10-16-11-12(17)14-9-15-13(11)18-7-5-3-4-6-8-18/h9-10H,2-8H2,1H3. The average molecular weight is 245 g/mol. The zero-order valence-electron chi connectivity index (χ0n) is 10.8. The fraction of sp³-hybridized carbons (Fsp3) is 0.615. The second-order valence-corrected chi connectivity index (χ2v) is 4.80. The first-order valence-corrected chi connectivity index (χ1v) is 6.81. The normalized spacial score (nSPS) is 17.1. The van der Waals surface area contributed by atoms with Crippen molar-refractivity contribution in [3.8, 4) is 0 Å². The van der Waals surface area contributed by atoms with Crippen LogP contribution in [0.1, 0.15) is 32.6 Å². The van der Waals surface area contributed by atoms with Gasteiger partial charge in [-0.15, -0.1) is 0 Å². The smallest absolute Gasteiger partial charge is 0.165 e. The molecule has 0 atom stereocenters. The maximum atomic E-state index is 4.49. The van der Waals surface area contributed by atoms with Crippen LogP contribution < -0.4 is 4.90 Å². The van der Waals surface area contributed by atoms with Crippen molar-refractivity contribution in [1.29, 1.82) is 0 Å². The molecule has 0 N–H and O–H groups in total. The highest BCUT2D eigenvalue weighted by atomic mass is 15.2. The third-order valence-corrected chi connectivity index (χ3v) is 3.63. The fourth-order valence-corrected chi connectivity index (χ4v) is 2.61. The van der Waals surface area contributed by atoms with Gasteiger partial charge in [-0.25, -0.2) is 15.0 Å². The first-order valence-electron chi connectivity index (χ1n) is 6.81. The van der Waals surface area contributed by atoms with Crippen molar-refractivity contribution in [1.82, 2.24) is 19.5 Å². The van der Waals surface area contributed by atoms with Gasteiger partial charge < -0.3 is 9.47 Å². The van der Waals surface area contributed by atoms with Crippen LogP contribution in [0.2, 0.25) is 0 Å². The summed E-state index contributed by atoms with van der Waals surface area (Å²) in [5.41, 5.74) is 1.90. The van der Waals surface area contributed by atoms with Crippen LogP contribution in [0.25, 0.3) is 11.2 Å². The Hall–Kier alpha value is -1.65. The minimum absolute atomic E-state index is 0.896. The largest absolute Gasteiger partial charge is 0.355 e. The maximum absolute atomic E-state index is 4.49. The van der Waals surface area contributed by atoms with Gasteiger partial charge in [-0.2, -0.15) is 0 Å². The molecule has 5 heteroatoms. The van der Waals surface area contributed by atoms with Crippen molar-refractivity contribution < 1.29 is 0 Å². The lowest BCUT2D eigenvalue weighted by molar-refractivity contribution is 0.726. The Balaban J connectivity index is 2.02. The molecule has 0 spiro atoms. The van der Waals surface area contributed by atoms with E-state index in [1.54, 1.807) is 6.33 Å². The molecule has 2 aromatic rings. The van der Waals surface area contributed by atoms with Gasteiger partial charge in [0.1, 0.15) is 6.33 Å². The van der Waals surface area contributed by atoms with Crippen molar-refractivity contribution in [3.05, 3.63) is 12.7 Å². The summed E-state index contributed by atoms with van der Waals surface area (Å²) in [6, 6.07) is 0. The quantitative estimate of drug-likeness (QED) is 0.814. The van der Waals surface area contributed by atoms with E-state index in [0.29, 0.717) is 0 Å². The number of aromatic nitrogens is 4. The Bertz CT molecular complexity index is 525. The molecule has 5 nitrogen and oxygen atoms in total. The Kier molecular flexibility index (Phi) is 3.13. The van der Waals surface area contributed by atoms with Gasteiger partial charge in [0.25, 0.3) is 0 Å². The second-order valence-electron chi connectivity index (χ2n) is 4.80. The van der Waals surface area contributed by atoms with Crippen LogP contribution in [0.15, 0.2) is 12.7 Å². The monoisotopic (exact) mass is 245 g/mol. The number of hydrogen-bond donors (Lipinski definition) is 0.